The van der Waals surface area contributed by atoms with E-state index in [1.807, 2.05) is 74.7 Å². The van der Waals surface area contributed by atoms with Gasteiger partial charge in [0.25, 0.3) is 5.91 Å². The number of hydrogen-bond acceptors (Lipinski definition) is 6. The molecule has 0 fully saturated rings. The van der Waals surface area contributed by atoms with Gasteiger partial charge in [0.2, 0.25) is 0 Å². The minimum atomic E-state index is -0.461. The van der Waals surface area contributed by atoms with Gasteiger partial charge < -0.3 is 15.4 Å². The maximum atomic E-state index is 13.8. The zero-order chi connectivity index (χ0) is 26.8. The topological polar surface area (TPSA) is 80.3 Å². The molecule has 3 aromatic rings. The molecule has 0 bridgehead atoms. The molecule has 2 heterocycles. The number of ether oxygens (including phenoxy) is 1. The largest absolute Gasteiger partial charge is 0.497 e. The molecule has 2 aromatic carbocycles. The number of pyridine rings is 1. The van der Waals surface area contributed by atoms with Gasteiger partial charge in [-0.25, -0.2) is 4.98 Å². The average Bonchev–Trinajstić information content (AvgIpc) is 2.93. The van der Waals surface area contributed by atoms with Crippen LogP contribution in [0.15, 0.2) is 94.3 Å². The van der Waals surface area contributed by atoms with E-state index >= 15 is 0 Å². The number of nitrogens with one attached hydrogen (secondary N) is 2. The van der Waals surface area contributed by atoms with Crippen LogP contribution in [0.4, 0.5) is 5.82 Å². The number of dihydropyridines is 1. The number of nitrogens with zero attached hydrogens (tertiary/aromatic N) is 1. The number of aryl methyl sites for hydroxylation is 1. The highest BCUT2D eigenvalue weighted by Crippen LogP contribution is 2.46. The molecule has 38 heavy (non-hydrogen) atoms. The first-order valence-electron chi connectivity index (χ1n) is 12.6. The smallest absolute Gasteiger partial charge is 0.255 e. The Bertz CT molecular complexity index is 1420. The second-order valence-corrected chi connectivity index (χ2v) is 10.6. The normalized spacial score (nSPS) is 19.1. The van der Waals surface area contributed by atoms with Crippen molar-refractivity contribution in [3.05, 3.63) is 106 Å². The molecular weight excluding hydrogens is 494 g/mol. The quantitative estimate of drug-likeness (QED) is 0.378. The molecule has 2 unspecified atom stereocenters. The molecule has 1 aliphatic heterocycles. The lowest BCUT2D eigenvalue weighted by molar-refractivity contribution is -0.116. The fourth-order valence-electron chi connectivity index (χ4n) is 5.31. The predicted octanol–water partition coefficient (Wildman–Crippen LogP) is 6.12. The van der Waals surface area contributed by atoms with Gasteiger partial charge in [-0.3, -0.25) is 9.59 Å². The van der Waals surface area contributed by atoms with Gasteiger partial charge in [0.1, 0.15) is 11.6 Å². The summed E-state index contributed by atoms with van der Waals surface area (Å²) in [6.45, 7) is 3.86. The van der Waals surface area contributed by atoms with Gasteiger partial charge in [-0.05, 0) is 79.5 Å². The Morgan fingerprint density at radius 2 is 1.71 bits per heavy atom. The van der Waals surface area contributed by atoms with Gasteiger partial charge >= 0.3 is 0 Å². The molecule has 1 amide bonds. The Hall–Kier alpha value is -3.84. The first-order valence-corrected chi connectivity index (χ1v) is 13.9. The number of amides is 1. The Kier molecular flexibility index (Phi) is 7.38. The summed E-state index contributed by atoms with van der Waals surface area (Å²) in [5.41, 5.74) is 5.90. The van der Waals surface area contributed by atoms with Crippen LogP contribution in [0.5, 0.6) is 5.75 Å². The van der Waals surface area contributed by atoms with Crippen molar-refractivity contribution in [3.63, 3.8) is 0 Å². The first-order chi connectivity index (χ1) is 18.4. The van der Waals surface area contributed by atoms with Crippen molar-refractivity contribution >= 4 is 29.3 Å². The van der Waals surface area contributed by atoms with E-state index in [0.717, 1.165) is 38.7 Å². The second kappa shape index (κ2) is 10.9. The molecule has 2 aliphatic rings. The van der Waals surface area contributed by atoms with Gasteiger partial charge in [-0.1, -0.05) is 30.3 Å². The number of anilines is 1. The summed E-state index contributed by atoms with van der Waals surface area (Å²) in [4.78, 5) is 33.0. The van der Waals surface area contributed by atoms with Crippen molar-refractivity contribution in [2.45, 2.75) is 43.4 Å². The van der Waals surface area contributed by atoms with Crippen LogP contribution in [-0.4, -0.2) is 30.0 Å². The van der Waals surface area contributed by atoms with Crippen LogP contribution in [0.2, 0.25) is 0 Å². The van der Waals surface area contributed by atoms with E-state index in [9.17, 15) is 9.59 Å². The highest BCUT2D eigenvalue weighted by atomic mass is 32.2. The molecule has 0 radical (unpaired) electrons. The molecule has 2 atom stereocenters. The molecule has 2 N–H and O–H groups in total. The van der Waals surface area contributed by atoms with Crippen molar-refractivity contribution in [3.8, 4) is 5.75 Å². The fourth-order valence-corrected chi connectivity index (χ4v) is 5.72. The van der Waals surface area contributed by atoms with E-state index in [4.69, 9.17) is 4.74 Å². The molecule has 194 valence electrons. The second-order valence-electron chi connectivity index (χ2n) is 9.74. The lowest BCUT2D eigenvalue weighted by Gasteiger charge is -2.37. The summed E-state index contributed by atoms with van der Waals surface area (Å²) >= 11 is 1.66. The summed E-state index contributed by atoms with van der Waals surface area (Å²) in [5.74, 6) is 0.659. The van der Waals surface area contributed by atoms with E-state index in [0.29, 0.717) is 29.8 Å². The van der Waals surface area contributed by atoms with Gasteiger partial charge in [0.15, 0.2) is 5.78 Å². The zero-order valence-corrected chi connectivity index (χ0v) is 22.8. The van der Waals surface area contributed by atoms with E-state index < -0.39 is 5.92 Å². The van der Waals surface area contributed by atoms with Crippen molar-refractivity contribution in [2.24, 2.45) is 0 Å². The van der Waals surface area contributed by atoms with E-state index in [-0.39, 0.29) is 17.6 Å². The number of benzene rings is 2. The molecular formula is C31H31N3O3S. The number of Topliss-reactive ketones (excluding diaryl/α,β-unsaturated/α-hetero) is 1. The Labute approximate surface area is 227 Å². The lowest BCUT2D eigenvalue weighted by atomic mass is 9.71. The van der Waals surface area contributed by atoms with Gasteiger partial charge in [0, 0.05) is 46.0 Å². The first kappa shape index (κ1) is 25.8. The third kappa shape index (κ3) is 5.11. The Morgan fingerprint density at radius 3 is 2.34 bits per heavy atom. The van der Waals surface area contributed by atoms with Crippen LogP contribution in [0.25, 0.3) is 0 Å². The van der Waals surface area contributed by atoms with E-state index in [1.54, 1.807) is 31.1 Å². The van der Waals surface area contributed by atoms with Crippen molar-refractivity contribution in [2.75, 3.05) is 18.7 Å². The molecule has 7 heteroatoms. The molecule has 0 spiro atoms. The molecule has 5 rings (SSSR count). The summed E-state index contributed by atoms with van der Waals surface area (Å²) in [7, 11) is 1.64. The molecule has 0 saturated heterocycles. The number of rotatable bonds is 6. The van der Waals surface area contributed by atoms with Crippen LogP contribution in [0.3, 0.4) is 0 Å². The minimum Gasteiger partial charge on any atom is -0.497 e. The molecule has 0 saturated carbocycles. The average molecular weight is 526 g/mol. The molecule has 6 nitrogen and oxygen atoms in total. The Balaban J connectivity index is 1.53. The third-order valence-corrected chi connectivity index (χ3v) is 8.01. The number of thioether (sulfide) groups is 1. The Morgan fingerprint density at radius 1 is 1.00 bits per heavy atom. The SMILES string of the molecule is COc1ccc(C2CC(=O)C3=C(C2)NC(C)=C(C(=O)Nc2ccc(C)cn2)C3c2ccc(SC)cc2)cc1. The zero-order valence-electron chi connectivity index (χ0n) is 22.0. The summed E-state index contributed by atoms with van der Waals surface area (Å²) in [6, 6.07) is 19.8. The van der Waals surface area contributed by atoms with Crippen molar-refractivity contribution in [1.82, 2.24) is 10.3 Å². The van der Waals surface area contributed by atoms with E-state index in [1.165, 1.54) is 0 Å². The summed E-state index contributed by atoms with van der Waals surface area (Å²) in [6.07, 6.45) is 4.83. The standard InChI is InChI=1S/C31H31N3O3S/c1-18-5-14-27(32-17-18)34-31(36)28-19(2)33-25-15-22(20-6-10-23(37-3)11-7-20)16-26(35)30(25)29(28)21-8-12-24(38-4)13-9-21/h5-14,17,22,29,33H,15-16H2,1-4H3,(H,32,34,36). The van der Waals surface area contributed by atoms with Crippen LogP contribution >= 0.6 is 11.8 Å². The number of hydrogen-bond donors (Lipinski definition) is 2. The minimum absolute atomic E-state index is 0.0547. The van der Waals surface area contributed by atoms with Crippen LogP contribution in [0, 0.1) is 6.92 Å². The number of methoxy groups -OCH3 is 1. The van der Waals surface area contributed by atoms with Gasteiger partial charge in [-0.2, -0.15) is 0 Å². The maximum absolute atomic E-state index is 13.8. The number of carbonyl (C=O) groups excluding carboxylic acids is 2. The highest BCUT2D eigenvalue weighted by Gasteiger charge is 2.41. The predicted molar refractivity (Wildman–Crippen MR) is 151 cm³/mol. The summed E-state index contributed by atoms with van der Waals surface area (Å²) in [5, 5.41) is 6.40. The number of allylic oxidation sites excluding steroid dienone is 3. The summed E-state index contributed by atoms with van der Waals surface area (Å²) < 4.78 is 5.30. The number of aromatic nitrogens is 1. The fraction of sp³-hybridized carbons (Fsp3) is 0.258. The number of ketones is 1. The lowest BCUT2D eigenvalue weighted by Crippen LogP contribution is -2.37. The van der Waals surface area contributed by atoms with Crippen LogP contribution in [-0.2, 0) is 9.59 Å². The molecule has 1 aliphatic carbocycles. The maximum Gasteiger partial charge on any atom is 0.255 e. The van der Waals surface area contributed by atoms with Crippen LogP contribution in [0.1, 0.15) is 48.3 Å². The number of carbonyl (C=O) groups is 2. The van der Waals surface area contributed by atoms with E-state index in [2.05, 4.69) is 15.6 Å². The highest BCUT2D eigenvalue weighted by molar-refractivity contribution is 7.98. The van der Waals surface area contributed by atoms with Gasteiger partial charge in [0.05, 0.1) is 7.11 Å². The van der Waals surface area contributed by atoms with Crippen molar-refractivity contribution in [1.29, 1.82) is 0 Å². The van der Waals surface area contributed by atoms with Gasteiger partial charge in [-0.15, -0.1) is 11.8 Å². The van der Waals surface area contributed by atoms with Crippen LogP contribution < -0.4 is 15.4 Å². The monoisotopic (exact) mass is 525 g/mol. The van der Waals surface area contributed by atoms with Crippen molar-refractivity contribution < 1.29 is 14.3 Å². The molecule has 1 aromatic heterocycles. The third-order valence-electron chi connectivity index (χ3n) is 7.26.